The minimum Gasteiger partial charge on any atom is -0.446 e. The molecule has 1 amide bonds. The van der Waals surface area contributed by atoms with Crippen LogP contribution < -0.4 is 11.1 Å². The monoisotopic (exact) mass is 508 g/mol. The molecule has 4 aliphatic carbocycles. The molecule has 0 aromatic rings. The van der Waals surface area contributed by atoms with Gasteiger partial charge < -0.3 is 15.8 Å². The molecule has 4 aliphatic rings. The molecule has 3 fully saturated rings. The minimum atomic E-state index is -0.304. The third-order valence-corrected chi connectivity index (χ3v) is 10.9. The van der Waals surface area contributed by atoms with Crippen LogP contribution in [0.2, 0.25) is 0 Å². The first-order chi connectivity index (χ1) is 16.2. The molecule has 0 aromatic heterocycles. The number of halogens is 1. The van der Waals surface area contributed by atoms with Crippen molar-refractivity contribution in [1.29, 1.82) is 0 Å². The molecule has 8 atom stereocenters. The molecular formula is C30H53ClN2O2. The zero-order valence-electron chi connectivity index (χ0n) is 23.1. The van der Waals surface area contributed by atoms with E-state index in [1.807, 2.05) is 0 Å². The van der Waals surface area contributed by atoms with Crippen LogP contribution >= 0.6 is 12.4 Å². The largest absolute Gasteiger partial charge is 0.446 e. The van der Waals surface area contributed by atoms with E-state index in [2.05, 4.69) is 46.0 Å². The summed E-state index contributed by atoms with van der Waals surface area (Å²) in [5.74, 6) is 5.18. The highest BCUT2D eigenvalue weighted by molar-refractivity contribution is 5.85. The van der Waals surface area contributed by atoms with Crippen molar-refractivity contribution in [2.24, 2.45) is 52.1 Å². The lowest BCUT2D eigenvalue weighted by molar-refractivity contribution is -0.0581. The number of fused-ring (bicyclic) bond motifs is 5. The van der Waals surface area contributed by atoms with Crippen LogP contribution in [-0.2, 0) is 4.74 Å². The zero-order valence-corrected chi connectivity index (χ0v) is 23.9. The van der Waals surface area contributed by atoms with E-state index in [1.54, 1.807) is 5.57 Å². The molecule has 1 unspecified atom stereocenters. The van der Waals surface area contributed by atoms with Crippen molar-refractivity contribution in [3.8, 4) is 0 Å². The molecule has 0 heterocycles. The Bertz CT molecular complexity index is 755. The Hall–Kier alpha value is -0.740. The van der Waals surface area contributed by atoms with Gasteiger partial charge >= 0.3 is 6.09 Å². The van der Waals surface area contributed by atoms with E-state index >= 15 is 0 Å². The number of ether oxygens (including phenoxy) is 1. The number of nitrogens with two attached hydrogens (primary N) is 1. The summed E-state index contributed by atoms with van der Waals surface area (Å²) < 4.78 is 5.75. The van der Waals surface area contributed by atoms with Crippen LogP contribution in [0.4, 0.5) is 4.79 Å². The van der Waals surface area contributed by atoms with Crippen molar-refractivity contribution in [3.63, 3.8) is 0 Å². The Labute approximate surface area is 221 Å². The van der Waals surface area contributed by atoms with E-state index in [0.29, 0.717) is 23.9 Å². The van der Waals surface area contributed by atoms with Gasteiger partial charge in [-0.05, 0) is 91.3 Å². The van der Waals surface area contributed by atoms with Gasteiger partial charge in [-0.25, -0.2) is 4.79 Å². The van der Waals surface area contributed by atoms with Gasteiger partial charge in [-0.15, -0.1) is 12.4 Å². The number of carbonyl (C=O) groups is 1. The van der Waals surface area contributed by atoms with E-state index < -0.39 is 0 Å². The van der Waals surface area contributed by atoms with Gasteiger partial charge in [0.1, 0.15) is 6.10 Å². The lowest BCUT2D eigenvalue weighted by Crippen LogP contribution is -2.51. The molecule has 0 radical (unpaired) electrons. The summed E-state index contributed by atoms with van der Waals surface area (Å²) >= 11 is 0. The Morgan fingerprint density at radius 3 is 2.60 bits per heavy atom. The average Bonchev–Trinajstić information content (AvgIpc) is 3.15. The zero-order chi connectivity index (χ0) is 24.5. The smallest absolute Gasteiger partial charge is 0.407 e. The SMILES string of the molecule is CC(C)CCCC(C)[C@H]1CC[C@H]2[C@@H]3CC=C4C[C@@H](OC(=O)NCCN)CC[C@]4(C)[C@H]3CC[C@]12C.Cl. The van der Waals surface area contributed by atoms with E-state index in [1.165, 1.54) is 51.4 Å². The molecule has 5 heteroatoms. The number of allylic oxidation sites excluding steroid dienone is 1. The van der Waals surface area contributed by atoms with E-state index in [-0.39, 0.29) is 24.6 Å². The third kappa shape index (κ3) is 5.74. The second-order valence-electron chi connectivity index (χ2n) is 13.3. The molecule has 0 aliphatic heterocycles. The fraction of sp³-hybridized carbons (Fsp3) is 0.900. The van der Waals surface area contributed by atoms with Crippen molar-refractivity contribution in [2.75, 3.05) is 13.1 Å². The molecule has 0 aromatic carbocycles. The number of rotatable bonds is 8. The van der Waals surface area contributed by atoms with Crippen molar-refractivity contribution < 1.29 is 9.53 Å². The average molecular weight is 509 g/mol. The highest BCUT2D eigenvalue weighted by Gasteiger charge is 2.59. The van der Waals surface area contributed by atoms with Gasteiger partial charge in [0, 0.05) is 19.5 Å². The van der Waals surface area contributed by atoms with Gasteiger partial charge in [-0.1, -0.05) is 65.5 Å². The Morgan fingerprint density at radius 1 is 1.11 bits per heavy atom. The summed E-state index contributed by atoms with van der Waals surface area (Å²) in [5.41, 5.74) is 7.93. The standard InChI is InChI=1S/C30H52N2O2.ClH/c1-20(2)7-6-8-21(3)25-11-12-26-24-10-9-22-19-23(34-28(33)32-18-17-31)13-15-29(22,4)27(24)14-16-30(25,26)5;/h9,20-21,23-27H,6-8,10-19,31H2,1-5H3,(H,32,33);1H/t21?,23-,24-,25+,26-,27-,29-,30+;/m0./s1. The number of carbonyl (C=O) groups excluding carboxylic acids is 1. The Morgan fingerprint density at radius 2 is 1.89 bits per heavy atom. The van der Waals surface area contributed by atoms with Crippen molar-refractivity contribution >= 4 is 18.5 Å². The summed E-state index contributed by atoms with van der Waals surface area (Å²) in [6.07, 6.45) is 16.5. The molecule has 0 bridgehead atoms. The van der Waals surface area contributed by atoms with Crippen molar-refractivity contribution in [2.45, 2.75) is 111 Å². The van der Waals surface area contributed by atoms with Gasteiger partial charge in [0.05, 0.1) is 0 Å². The fourth-order valence-electron chi connectivity index (χ4n) is 9.12. The lowest BCUT2D eigenvalue weighted by atomic mass is 9.47. The predicted octanol–water partition coefficient (Wildman–Crippen LogP) is 7.50. The number of alkyl carbamates (subject to hydrolysis) is 1. The fourth-order valence-corrected chi connectivity index (χ4v) is 9.12. The molecule has 3 saturated carbocycles. The van der Waals surface area contributed by atoms with E-state index in [4.69, 9.17) is 10.5 Å². The van der Waals surface area contributed by atoms with Crippen LogP contribution in [0, 0.1) is 46.3 Å². The van der Waals surface area contributed by atoms with E-state index in [0.717, 1.165) is 54.8 Å². The third-order valence-electron chi connectivity index (χ3n) is 10.9. The van der Waals surface area contributed by atoms with Gasteiger partial charge in [0.25, 0.3) is 0 Å². The summed E-state index contributed by atoms with van der Waals surface area (Å²) in [6.45, 7) is 13.4. The minimum absolute atomic E-state index is 0. The first-order valence-electron chi connectivity index (χ1n) is 14.5. The maximum Gasteiger partial charge on any atom is 0.407 e. The quantitative estimate of drug-likeness (QED) is 0.333. The van der Waals surface area contributed by atoms with Crippen LogP contribution in [0.25, 0.3) is 0 Å². The first-order valence-corrected chi connectivity index (χ1v) is 14.5. The van der Waals surface area contributed by atoms with Crippen LogP contribution in [0.15, 0.2) is 11.6 Å². The van der Waals surface area contributed by atoms with Crippen LogP contribution in [0.1, 0.15) is 105 Å². The van der Waals surface area contributed by atoms with Crippen molar-refractivity contribution in [3.05, 3.63) is 11.6 Å². The summed E-state index contributed by atoms with van der Waals surface area (Å²) in [7, 11) is 0. The molecule has 3 N–H and O–H groups in total. The highest BCUT2D eigenvalue weighted by Crippen LogP contribution is 2.67. The second kappa shape index (κ2) is 11.8. The number of hydrogen-bond acceptors (Lipinski definition) is 3. The molecule has 4 rings (SSSR count). The van der Waals surface area contributed by atoms with Gasteiger partial charge in [0.2, 0.25) is 0 Å². The van der Waals surface area contributed by atoms with Gasteiger partial charge in [0.15, 0.2) is 0 Å². The summed E-state index contributed by atoms with van der Waals surface area (Å²) in [6, 6.07) is 0. The summed E-state index contributed by atoms with van der Waals surface area (Å²) in [5, 5.41) is 2.76. The van der Waals surface area contributed by atoms with Crippen molar-refractivity contribution in [1.82, 2.24) is 5.32 Å². The number of nitrogens with one attached hydrogen (secondary N) is 1. The second-order valence-corrected chi connectivity index (χ2v) is 13.3. The highest BCUT2D eigenvalue weighted by atomic mass is 35.5. The molecule has 0 spiro atoms. The normalized spacial score (nSPS) is 38.9. The topological polar surface area (TPSA) is 64.3 Å². The van der Waals surface area contributed by atoms with Gasteiger partial charge in [-0.2, -0.15) is 0 Å². The molecule has 4 nitrogen and oxygen atoms in total. The Kier molecular flexibility index (Phi) is 9.68. The first kappa shape index (κ1) is 28.8. The number of amides is 1. The summed E-state index contributed by atoms with van der Waals surface area (Å²) in [4.78, 5) is 12.1. The number of hydrogen-bond donors (Lipinski definition) is 2. The predicted molar refractivity (Wildman–Crippen MR) is 148 cm³/mol. The van der Waals surface area contributed by atoms with E-state index in [9.17, 15) is 4.79 Å². The molecular weight excluding hydrogens is 456 g/mol. The maximum absolute atomic E-state index is 12.1. The van der Waals surface area contributed by atoms with Crippen LogP contribution in [0.3, 0.4) is 0 Å². The van der Waals surface area contributed by atoms with Crippen LogP contribution in [-0.4, -0.2) is 25.3 Å². The molecule has 35 heavy (non-hydrogen) atoms. The Balaban J connectivity index is 0.00000342. The molecule has 202 valence electrons. The van der Waals surface area contributed by atoms with Gasteiger partial charge in [-0.3, -0.25) is 0 Å². The maximum atomic E-state index is 12.1. The van der Waals surface area contributed by atoms with Crippen LogP contribution in [0.5, 0.6) is 0 Å². The molecule has 0 saturated heterocycles. The lowest BCUT2D eigenvalue weighted by Gasteiger charge is -2.58.